The number of urea groups is 1. The summed E-state index contributed by atoms with van der Waals surface area (Å²) in [6.07, 6.45) is 5.54. The fourth-order valence-electron chi connectivity index (χ4n) is 3.92. The largest absolute Gasteiger partial charge is 0.378 e. The zero-order valence-corrected chi connectivity index (χ0v) is 17.7. The highest BCUT2D eigenvalue weighted by Gasteiger charge is 2.30. The van der Waals surface area contributed by atoms with Crippen molar-refractivity contribution in [1.82, 2.24) is 29.5 Å². The lowest BCUT2D eigenvalue weighted by molar-refractivity contribution is 0.0410. The average Bonchev–Trinajstić information content (AvgIpc) is 3.21. The standard InChI is InChI=1S/C20H28N6O2S/c1-2-26-18(22-23-19(26)29-15-16-4-3-7-21-14-16)17-5-8-24(9-6-17)20(27)25-10-12-28-13-11-25/h3-4,7,14,17H,2,5-6,8-13,15H2,1H3. The number of carbonyl (C=O) groups is 1. The Bertz CT molecular complexity index is 801. The van der Waals surface area contributed by atoms with Crippen molar-refractivity contribution in [2.24, 2.45) is 0 Å². The predicted molar refractivity (Wildman–Crippen MR) is 111 cm³/mol. The molecular weight excluding hydrogens is 388 g/mol. The molecule has 4 heterocycles. The van der Waals surface area contributed by atoms with Crippen LogP contribution >= 0.6 is 11.8 Å². The number of aromatic nitrogens is 4. The minimum absolute atomic E-state index is 0.149. The van der Waals surface area contributed by atoms with Crippen LogP contribution in [0.15, 0.2) is 29.7 Å². The van der Waals surface area contributed by atoms with E-state index in [9.17, 15) is 4.79 Å². The van der Waals surface area contributed by atoms with E-state index in [1.807, 2.05) is 22.1 Å². The summed E-state index contributed by atoms with van der Waals surface area (Å²) >= 11 is 1.70. The quantitative estimate of drug-likeness (QED) is 0.698. The van der Waals surface area contributed by atoms with Gasteiger partial charge in [0.25, 0.3) is 0 Å². The zero-order chi connectivity index (χ0) is 20.1. The van der Waals surface area contributed by atoms with Crippen molar-refractivity contribution in [2.75, 3.05) is 39.4 Å². The topological polar surface area (TPSA) is 76.4 Å². The number of amides is 2. The van der Waals surface area contributed by atoms with Gasteiger partial charge in [-0.05, 0) is 31.4 Å². The molecule has 0 radical (unpaired) electrons. The third kappa shape index (κ3) is 4.72. The number of rotatable bonds is 5. The van der Waals surface area contributed by atoms with E-state index in [4.69, 9.17) is 4.74 Å². The maximum atomic E-state index is 12.7. The summed E-state index contributed by atoms with van der Waals surface area (Å²) in [5, 5.41) is 9.94. The van der Waals surface area contributed by atoms with Gasteiger partial charge in [0, 0.05) is 56.8 Å². The molecule has 29 heavy (non-hydrogen) atoms. The summed E-state index contributed by atoms with van der Waals surface area (Å²) in [5.74, 6) is 2.24. The van der Waals surface area contributed by atoms with Gasteiger partial charge in [0.1, 0.15) is 5.82 Å². The molecule has 0 atom stereocenters. The lowest BCUT2D eigenvalue weighted by Crippen LogP contribution is -2.50. The van der Waals surface area contributed by atoms with Gasteiger partial charge in [-0.15, -0.1) is 10.2 Å². The zero-order valence-electron chi connectivity index (χ0n) is 16.9. The van der Waals surface area contributed by atoms with E-state index in [1.54, 1.807) is 18.0 Å². The van der Waals surface area contributed by atoms with E-state index < -0.39 is 0 Å². The van der Waals surface area contributed by atoms with Crippen LogP contribution < -0.4 is 0 Å². The molecule has 0 spiro atoms. The first-order chi connectivity index (χ1) is 14.3. The van der Waals surface area contributed by atoms with Crippen molar-refractivity contribution in [1.29, 1.82) is 0 Å². The molecule has 9 heteroatoms. The molecule has 2 amide bonds. The molecule has 8 nitrogen and oxygen atoms in total. The Morgan fingerprint density at radius 2 is 1.93 bits per heavy atom. The molecular formula is C20H28N6O2S. The van der Waals surface area contributed by atoms with Gasteiger partial charge in [-0.3, -0.25) is 4.98 Å². The van der Waals surface area contributed by atoms with Crippen LogP contribution in [-0.4, -0.2) is 75.0 Å². The van der Waals surface area contributed by atoms with Crippen molar-refractivity contribution in [3.63, 3.8) is 0 Å². The number of ether oxygens (including phenoxy) is 1. The van der Waals surface area contributed by atoms with Gasteiger partial charge in [0.05, 0.1) is 13.2 Å². The van der Waals surface area contributed by atoms with Crippen molar-refractivity contribution in [2.45, 2.75) is 43.1 Å². The van der Waals surface area contributed by atoms with Crippen LogP contribution in [0.4, 0.5) is 4.79 Å². The Balaban J connectivity index is 1.35. The molecule has 0 aliphatic carbocycles. The van der Waals surface area contributed by atoms with E-state index >= 15 is 0 Å². The lowest BCUT2D eigenvalue weighted by Gasteiger charge is -2.36. The van der Waals surface area contributed by atoms with Crippen LogP contribution in [0.25, 0.3) is 0 Å². The van der Waals surface area contributed by atoms with Gasteiger partial charge in [-0.2, -0.15) is 0 Å². The fourth-order valence-corrected chi connectivity index (χ4v) is 4.86. The third-order valence-corrected chi connectivity index (χ3v) is 6.60. The van der Waals surface area contributed by atoms with Crippen LogP contribution in [0, 0.1) is 0 Å². The van der Waals surface area contributed by atoms with E-state index in [1.165, 1.54) is 5.56 Å². The Morgan fingerprint density at radius 3 is 2.62 bits per heavy atom. The highest BCUT2D eigenvalue weighted by Crippen LogP contribution is 2.30. The Hall–Kier alpha value is -2.13. The number of hydrogen-bond donors (Lipinski definition) is 0. The van der Waals surface area contributed by atoms with E-state index in [-0.39, 0.29) is 6.03 Å². The normalized spacial score (nSPS) is 18.2. The number of carbonyl (C=O) groups excluding carboxylic acids is 1. The molecule has 2 aromatic heterocycles. The summed E-state index contributed by atoms with van der Waals surface area (Å²) in [4.78, 5) is 20.8. The van der Waals surface area contributed by atoms with Gasteiger partial charge >= 0.3 is 6.03 Å². The summed E-state index contributed by atoms with van der Waals surface area (Å²) in [6, 6.07) is 4.18. The Kier molecular flexibility index (Phi) is 6.66. The maximum absolute atomic E-state index is 12.7. The van der Waals surface area contributed by atoms with Crippen LogP contribution in [-0.2, 0) is 17.0 Å². The van der Waals surface area contributed by atoms with Crippen LogP contribution in [0.3, 0.4) is 0 Å². The molecule has 2 aliphatic rings. The number of pyridine rings is 1. The summed E-state index contributed by atoms with van der Waals surface area (Å²) in [6.45, 7) is 7.21. The summed E-state index contributed by atoms with van der Waals surface area (Å²) in [7, 11) is 0. The molecule has 4 rings (SSSR count). The minimum atomic E-state index is 0.149. The van der Waals surface area contributed by atoms with Gasteiger partial charge in [0.15, 0.2) is 5.16 Å². The Labute approximate surface area is 175 Å². The molecule has 0 saturated carbocycles. The first kappa shape index (κ1) is 20.2. The third-order valence-electron chi connectivity index (χ3n) is 5.56. The summed E-state index contributed by atoms with van der Waals surface area (Å²) in [5.41, 5.74) is 1.18. The van der Waals surface area contributed by atoms with Crippen molar-refractivity contribution >= 4 is 17.8 Å². The van der Waals surface area contributed by atoms with Gasteiger partial charge in [0.2, 0.25) is 0 Å². The van der Waals surface area contributed by atoms with Gasteiger partial charge < -0.3 is 19.1 Å². The van der Waals surface area contributed by atoms with Crippen molar-refractivity contribution in [3.05, 3.63) is 35.9 Å². The van der Waals surface area contributed by atoms with E-state index in [0.717, 1.165) is 49.2 Å². The molecule has 0 unspecified atom stereocenters. The molecule has 0 bridgehead atoms. The summed E-state index contributed by atoms with van der Waals surface area (Å²) < 4.78 is 7.58. The molecule has 2 saturated heterocycles. The molecule has 2 fully saturated rings. The number of piperidine rings is 1. The van der Waals surface area contributed by atoms with Crippen LogP contribution in [0.5, 0.6) is 0 Å². The number of likely N-dealkylation sites (tertiary alicyclic amines) is 1. The second-order valence-electron chi connectivity index (χ2n) is 7.38. The number of hydrogen-bond acceptors (Lipinski definition) is 6. The molecule has 0 N–H and O–H groups in total. The van der Waals surface area contributed by atoms with Crippen molar-refractivity contribution < 1.29 is 9.53 Å². The monoisotopic (exact) mass is 416 g/mol. The van der Waals surface area contributed by atoms with Crippen LogP contribution in [0.2, 0.25) is 0 Å². The van der Waals surface area contributed by atoms with E-state index in [2.05, 4.69) is 32.7 Å². The second-order valence-corrected chi connectivity index (χ2v) is 8.32. The SMILES string of the molecule is CCn1c(SCc2cccnc2)nnc1C1CCN(C(=O)N2CCOCC2)CC1. The van der Waals surface area contributed by atoms with E-state index in [0.29, 0.717) is 32.2 Å². The minimum Gasteiger partial charge on any atom is -0.378 e. The van der Waals surface area contributed by atoms with Crippen molar-refractivity contribution in [3.8, 4) is 0 Å². The first-order valence-electron chi connectivity index (χ1n) is 10.3. The molecule has 2 aromatic rings. The number of morpholine rings is 1. The van der Waals surface area contributed by atoms with Gasteiger partial charge in [-0.25, -0.2) is 4.79 Å². The fraction of sp³-hybridized carbons (Fsp3) is 0.600. The van der Waals surface area contributed by atoms with Crippen LogP contribution in [0.1, 0.15) is 37.1 Å². The number of nitrogens with zero attached hydrogens (tertiary/aromatic N) is 6. The number of thioether (sulfide) groups is 1. The second kappa shape index (κ2) is 9.58. The maximum Gasteiger partial charge on any atom is 0.320 e. The van der Waals surface area contributed by atoms with Gasteiger partial charge in [-0.1, -0.05) is 17.8 Å². The lowest BCUT2D eigenvalue weighted by atomic mass is 9.96. The Morgan fingerprint density at radius 1 is 1.17 bits per heavy atom. The molecule has 0 aromatic carbocycles. The first-order valence-corrected chi connectivity index (χ1v) is 11.3. The average molecular weight is 417 g/mol. The molecule has 2 aliphatic heterocycles. The molecule has 156 valence electrons. The highest BCUT2D eigenvalue weighted by atomic mass is 32.2. The highest BCUT2D eigenvalue weighted by molar-refractivity contribution is 7.98. The predicted octanol–water partition coefficient (Wildman–Crippen LogP) is 2.62. The smallest absolute Gasteiger partial charge is 0.320 e.